The zero-order valence-electron chi connectivity index (χ0n) is 19.9. The van der Waals surface area contributed by atoms with Gasteiger partial charge in [0.05, 0.1) is 0 Å². The van der Waals surface area contributed by atoms with Crippen LogP contribution >= 0.6 is 11.6 Å². The highest BCUT2D eigenvalue weighted by molar-refractivity contribution is 6.18. The van der Waals surface area contributed by atoms with Crippen LogP contribution in [-0.2, 0) is 12.8 Å². The van der Waals surface area contributed by atoms with Crippen LogP contribution in [0.15, 0.2) is 102 Å². The van der Waals surface area contributed by atoms with Crippen molar-refractivity contribution >= 4 is 23.1 Å². The fraction of sp³-hybridized carbons (Fsp3) is 0.194. The molecule has 0 spiro atoms. The smallest absolute Gasteiger partial charge is 0.137 e. The van der Waals surface area contributed by atoms with E-state index in [9.17, 15) is 0 Å². The quantitative estimate of drug-likeness (QED) is 0.290. The molecule has 34 heavy (non-hydrogen) atoms. The lowest BCUT2D eigenvalue weighted by atomic mass is 9.93. The number of nitrogens with zero attached hydrogens (tertiary/aromatic N) is 1. The van der Waals surface area contributed by atoms with Crippen LogP contribution in [-0.4, -0.2) is 11.7 Å². The Hall–Kier alpha value is -3.36. The highest BCUT2D eigenvalue weighted by Crippen LogP contribution is 2.28. The van der Waals surface area contributed by atoms with Gasteiger partial charge in [0.2, 0.25) is 0 Å². The predicted molar refractivity (Wildman–Crippen MR) is 147 cm³/mol. The maximum atomic E-state index is 6.02. The number of amidine groups is 1. The number of halogens is 1. The summed E-state index contributed by atoms with van der Waals surface area (Å²) in [4.78, 5) is 4.84. The monoisotopic (exact) mass is 466 g/mol. The van der Waals surface area contributed by atoms with E-state index >= 15 is 0 Å². The van der Waals surface area contributed by atoms with Crippen molar-refractivity contribution in [1.82, 2.24) is 5.32 Å². The highest BCUT2D eigenvalue weighted by Gasteiger charge is 2.12. The van der Waals surface area contributed by atoms with Crippen molar-refractivity contribution in [2.75, 3.05) is 5.88 Å². The zero-order valence-corrected chi connectivity index (χ0v) is 20.6. The molecule has 0 unspecified atom stereocenters. The highest BCUT2D eigenvalue weighted by atomic mass is 35.5. The Morgan fingerprint density at radius 3 is 2.71 bits per heavy atom. The summed E-state index contributed by atoms with van der Waals surface area (Å²) in [7, 11) is 0. The van der Waals surface area contributed by atoms with Gasteiger partial charge >= 0.3 is 0 Å². The molecule has 0 fully saturated rings. The van der Waals surface area contributed by atoms with E-state index in [0.29, 0.717) is 5.88 Å². The third-order valence-electron chi connectivity index (χ3n) is 5.89. The number of benzene rings is 3. The van der Waals surface area contributed by atoms with Gasteiger partial charge in [0.25, 0.3) is 0 Å². The molecule has 0 aliphatic carbocycles. The molecule has 1 heterocycles. The second kappa shape index (κ2) is 11.7. The molecule has 0 radical (unpaired) electrons. The second-order valence-corrected chi connectivity index (χ2v) is 8.88. The van der Waals surface area contributed by atoms with Crippen molar-refractivity contribution in [2.24, 2.45) is 4.99 Å². The number of aliphatic imine (C=N–C) groups is 1. The average molecular weight is 467 g/mol. The molecule has 1 aliphatic heterocycles. The molecule has 3 aromatic rings. The summed E-state index contributed by atoms with van der Waals surface area (Å²) in [6.07, 6.45) is 13.1. The summed E-state index contributed by atoms with van der Waals surface area (Å²) in [6.45, 7) is 4.17. The summed E-state index contributed by atoms with van der Waals surface area (Å²) in [5.74, 6) is 1.40. The first kappa shape index (κ1) is 23.8. The molecule has 172 valence electrons. The lowest BCUT2D eigenvalue weighted by molar-refractivity contribution is 1.17. The number of allylic oxidation sites excluding steroid dienone is 4. The Kier molecular flexibility index (Phi) is 8.17. The van der Waals surface area contributed by atoms with Crippen LogP contribution < -0.4 is 5.32 Å². The molecule has 4 rings (SSSR count). The third kappa shape index (κ3) is 5.95. The fourth-order valence-corrected chi connectivity index (χ4v) is 4.29. The van der Waals surface area contributed by atoms with Gasteiger partial charge in [-0.3, -0.25) is 0 Å². The van der Waals surface area contributed by atoms with E-state index in [2.05, 4.69) is 110 Å². The van der Waals surface area contributed by atoms with Gasteiger partial charge in [-0.05, 0) is 73.1 Å². The number of nitrogens with one attached hydrogen (secondary N) is 1. The molecule has 0 saturated carbocycles. The second-order valence-electron chi connectivity index (χ2n) is 8.50. The van der Waals surface area contributed by atoms with E-state index in [1.807, 2.05) is 6.20 Å². The van der Waals surface area contributed by atoms with E-state index in [1.165, 1.54) is 27.8 Å². The standard InChI is InChI=1S/C31H31ClN2/c1-3-4-10-24-16-17-29-25(21-24)14-8-19-33-31(28-13-6-11-26(29)22-28)34-30(15-7-18-32)27-12-5-9-23(2)20-27/h3-6,8-9,11-13,15-17,19-22H,7,10,14,18H2,1-2H3,(H,33,34)/b4-3?,19-8+,30-15?. The SMILES string of the molecule is CC=CCc1ccc2c(c1)C/C=C/N=C(NC(=CCCCl)c1cccc(C)c1)c1cccc-2c1. The fourth-order valence-electron chi connectivity index (χ4n) is 4.18. The number of fused-ring (bicyclic) bond motifs is 4. The van der Waals surface area contributed by atoms with Crippen LogP contribution in [0.1, 0.15) is 41.2 Å². The Morgan fingerprint density at radius 1 is 1.03 bits per heavy atom. The summed E-state index contributed by atoms with van der Waals surface area (Å²) in [5.41, 5.74) is 9.55. The number of hydrogen-bond acceptors (Lipinski definition) is 2. The maximum absolute atomic E-state index is 6.02. The van der Waals surface area contributed by atoms with Crippen molar-refractivity contribution in [3.63, 3.8) is 0 Å². The summed E-state index contributed by atoms with van der Waals surface area (Å²) >= 11 is 6.02. The predicted octanol–water partition coefficient (Wildman–Crippen LogP) is 7.86. The summed E-state index contributed by atoms with van der Waals surface area (Å²) in [5, 5.41) is 3.61. The zero-order chi connectivity index (χ0) is 23.8. The van der Waals surface area contributed by atoms with Crippen LogP contribution in [0.3, 0.4) is 0 Å². The van der Waals surface area contributed by atoms with Crippen molar-refractivity contribution in [3.8, 4) is 11.1 Å². The molecule has 0 saturated heterocycles. The number of aryl methyl sites for hydroxylation is 1. The number of rotatable bonds is 6. The Balaban J connectivity index is 1.71. The van der Waals surface area contributed by atoms with Crippen LogP contribution in [0.4, 0.5) is 0 Å². The minimum Gasteiger partial charge on any atom is -0.340 e. The van der Waals surface area contributed by atoms with E-state index in [0.717, 1.165) is 41.9 Å². The lowest BCUT2D eigenvalue weighted by Crippen LogP contribution is -2.23. The molecule has 3 aromatic carbocycles. The van der Waals surface area contributed by atoms with E-state index in [1.54, 1.807) is 0 Å². The minimum absolute atomic E-state index is 0.575. The van der Waals surface area contributed by atoms with E-state index in [4.69, 9.17) is 16.6 Å². The van der Waals surface area contributed by atoms with Gasteiger partial charge in [-0.15, -0.1) is 11.6 Å². The van der Waals surface area contributed by atoms with E-state index < -0.39 is 0 Å². The molecule has 1 aliphatic rings. The van der Waals surface area contributed by atoms with Gasteiger partial charge in [0.15, 0.2) is 0 Å². The maximum Gasteiger partial charge on any atom is 0.137 e. The van der Waals surface area contributed by atoms with Crippen molar-refractivity contribution in [2.45, 2.75) is 33.1 Å². The van der Waals surface area contributed by atoms with Crippen LogP contribution in [0.2, 0.25) is 0 Å². The number of hydrogen-bond donors (Lipinski definition) is 1. The van der Waals surface area contributed by atoms with Gasteiger partial charge < -0.3 is 5.32 Å². The van der Waals surface area contributed by atoms with Crippen molar-refractivity contribution in [3.05, 3.63) is 125 Å². The number of alkyl halides is 1. The van der Waals surface area contributed by atoms with Crippen LogP contribution in [0, 0.1) is 6.92 Å². The molecule has 1 N–H and O–H groups in total. The molecule has 2 bridgehead atoms. The third-order valence-corrected chi connectivity index (χ3v) is 6.11. The Labute approximate surface area is 208 Å². The Morgan fingerprint density at radius 2 is 1.88 bits per heavy atom. The van der Waals surface area contributed by atoms with Gasteiger partial charge in [-0.2, -0.15) is 0 Å². The summed E-state index contributed by atoms with van der Waals surface area (Å²) < 4.78 is 0. The topological polar surface area (TPSA) is 24.4 Å². The van der Waals surface area contributed by atoms with Gasteiger partial charge in [-0.1, -0.05) is 84.5 Å². The van der Waals surface area contributed by atoms with Crippen molar-refractivity contribution in [1.29, 1.82) is 0 Å². The summed E-state index contributed by atoms with van der Waals surface area (Å²) in [6, 6.07) is 23.9. The lowest BCUT2D eigenvalue weighted by Gasteiger charge is -2.17. The first-order chi connectivity index (χ1) is 16.7. The van der Waals surface area contributed by atoms with Gasteiger partial charge in [0.1, 0.15) is 5.84 Å². The molecule has 3 heteroatoms. The molecular formula is C31H31ClN2. The first-order valence-corrected chi connectivity index (χ1v) is 12.4. The van der Waals surface area contributed by atoms with Gasteiger partial charge in [0, 0.05) is 23.3 Å². The van der Waals surface area contributed by atoms with Crippen LogP contribution in [0.25, 0.3) is 16.8 Å². The normalized spacial score (nSPS) is 14.4. The first-order valence-electron chi connectivity index (χ1n) is 11.8. The average Bonchev–Trinajstić information content (AvgIpc) is 2.86. The molecule has 0 atom stereocenters. The Bertz CT molecular complexity index is 1260. The molecular weight excluding hydrogens is 436 g/mol. The molecule has 0 aromatic heterocycles. The van der Waals surface area contributed by atoms with Crippen molar-refractivity contribution < 1.29 is 0 Å². The van der Waals surface area contributed by atoms with Gasteiger partial charge in [-0.25, -0.2) is 4.99 Å². The van der Waals surface area contributed by atoms with Crippen LogP contribution in [0.5, 0.6) is 0 Å². The minimum atomic E-state index is 0.575. The molecule has 0 amide bonds. The van der Waals surface area contributed by atoms with E-state index in [-0.39, 0.29) is 0 Å². The largest absolute Gasteiger partial charge is 0.340 e. The molecule has 2 nitrogen and oxygen atoms in total.